The minimum atomic E-state index is -1.05. The fourth-order valence-corrected chi connectivity index (χ4v) is 2.87. The molecule has 0 aromatic heterocycles. The topological polar surface area (TPSA) is 94.9 Å². The lowest BCUT2D eigenvalue weighted by Crippen LogP contribution is -2.33. The predicted octanol–water partition coefficient (Wildman–Crippen LogP) is 2.57. The number of carboxylic acids is 1. The van der Waals surface area contributed by atoms with Crippen LogP contribution in [0.1, 0.15) is 50.3 Å². The first kappa shape index (κ1) is 17.7. The minimum Gasteiger partial charge on any atom is -0.503 e. The molecule has 1 aromatic rings. The molecular weight excluding hydrogens is 310 g/mol. The van der Waals surface area contributed by atoms with Gasteiger partial charge in [0.2, 0.25) is 0 Å². The van der Waals surface area contributed by atoms with Gasteiger partial charge in [-0.05, 0) is 24.0 Å². The summed E-state index contributed by atoms with van der Waals surface area (Å²) in [5.74, 6) is -2.42. The highest BCUT2D eigenvalue weighted by Crippen LogP contribution is 2.38. The molecule has 128 valence electrons. The van der Waals surface area contributed by atoms with Gasteiger partial charge >= 0.3 is 5.97 Å². The van der Waals surface area contributed by atoms with Crippen molar-refractivity contribution in [3.05, 3.63) is 46.7 Å². The molecule has 0 aliphatic carbocycles. The van der Waals surface area contributed by atoms with Gasteiger partial charge in [-0.1, -0.05) is 38.1 Å². The summed E-state index contributed by atoms with van der Waals surface area (Å²) in [6, 6.07) is 6.68. The number of hydrogen-bond acceptors (Lipinski definition) is 4. The van der Waals surface area contributed by atoms with Gasteiger partial charge < -0.3 is 15.1 Å². The Bertz CT molecular complexity index is 703. The van der Waals surface area contributed by atoms with Gasteiger partial charge in [-0.2, -0.15) is 0 Å². The van der Waals surface area contributed by atoms with Crippen LogP contribution in [-0.2, 0) is 14.4 Å². The number of carboxylic acid groups (broad SMARTS) is 1. The number of carbonyl (C=O) groups excluding carboxylic acids is 2. The second kappa shape index (κ2) is 6.86. The zero-order valence-corrected chi connectivity index (χ0v) is 13.9. The Balaban J connectivity index is 2.44. The maximum atomic E-state index is 12.3. The van der Waals surface area contributed by atoms with Crippen molar-refractivity contribution in [2.24, 2.45) is 0 Å². The van der Waals surface area contributed by atoms with Crippen LogP contribution in [0.5, 0.6) is 0 Å². The maximum absolute atomic E-state index is 12.3. The van der Waals surface area contributed by atoms with Crippen molar-refractivity contribution in [3.63, 3.8) is 0 Å². The normalized spacial score (nSPS) is 17.8. The summed E-state index contributed by atoms with van der Waals surface area (Å²) in [7, 11) is 0. The fraction of sp³-hybridized carbons (Fsp3) is 0.389. The largest absolute Gasteiger partial charge is 0.503 e. The van der Waals surface area contributed by atoms with E-state index in [1.54, 1.807) is 0 Å². The molecule has 1 heterocycles. The van der Waals surface area contributed by atoms with Crippen LogP contribution in [0.3, 0.4) is 0 Å². The summed E-state index contributed by atoms with van der Waals surface area (Å²) in [5, 5.41) is 18.9. The number of aliphatic carboxylic acids is 1. The highest BCUT2D eigenvalue weighted by atomic mass is 16.4. The maximum Gasteiger partial charge on any atom is 0.305 e. The number of ketones is 1. The molecule has 0 radical (unpaired) electrons. The van der Waals surface area contributed by atoms with Crippen molar-refractivity contribution >= 4 is 17.7 Å². The van der Waals surface area contributed by atoms with Crippen LogP contribution >= 0.6 is 0 Å². The number of benzene rings is 1. The molecule has 1 amide bonds. The van der Waals surface area contributed by atoms with Crippen LogP contribution in [-0.4, -0.2) is 39.3 Å². The molecule has 0 bridgehead atoms. The number of nitrogens with zero attached hydrogens (tertiary/aromatic N) is 1. The van der Waals surface area contributed by atoms with Crippen molar-refractivity contribution in [2.75, 3.05) is 6.54 Å². The zero-order valence-electron chi connectivity index (χ0n) is 13.9. The third-order valence-electron chi connectivity index (χ3n) is 4.17. The molecule has 6 heteroatoms. The van der Waals surface area contributed by atoms with Gasteiger partial charge in [0, 0.05) is 6.54 Å². The lowest BCUT2D eigenvalue weighted by atomic mass is 9.94. The first-order chi connectivity index (χ1) is 11.2. The molecule has 0 fully saturated rings. The minimum absolute atomic E-state index is 0.0164. The number of carbonyl (C=O) groups is 3. The van der Waals surface area contributed by atoms with Crippen LogP contribution in [0.15, 0.2) is 35.6 Å². The van der Waals surface area contributed by atoms with E-state index in [0.717, 1.165) is 5.56 Å². The third-order valence-corrected chi connectivity index (χ3v) is 4.17. The zero-order chi connectivity index (χ0) is 18.0. The second-order valence-corrected chi connectivity index (χ2v) is 6.18. The molecule has 0 saturated carbocycles. The number of aliphatic hydroxyl groups is 1. The van der Waals surface area contributed by atoms with E-state index in [9.17, 15) is 19.5 Å². The van der Waals surface area contributed by atoms with E-state index in [4.69, 9.17) is 5.11 Å². The average molecular weight is 331 g/mol. The molecule has 1 atom stereocenters. The number of hydrogen-bond donors (Lipinski definition) is 2. The molecule has 2 N–H and O–H groups in total. The first-order valence-corrected chi connectivity index (χ1v) is 7.80. The van der Waals surface area contributed by atoms with Crippen molar-refractivity contribution in [3.8, 4) is 0 Å². The smallest absolute Gasteiger partial charge is 0.305 e. The summed E-state index contributed by atoms with van der Waals surface area (Å²) in [6.07, 6.45) is -0.259. The molecule has 1 aliphatic rings. The van der Waals surface area contributed by atoms with E-state index >= 15 is 0 Å². The van der Waals surface area contributed by atoms with E-state index in [1.165, 1.54) is 11.8 Å². The third kappa shape index (κ3) is 3.32. The summed E-state index contributed by atoms with van der Waals surface area (Å²) < 4.78 is 0. The van der Waals surface area contributed by atoms with Crippen molar-refractivity contribution < 1.29 is 24.6 Å². The average Bonchev–Trinajstić information content (AvgIpc) is 2.77. The second-order valence-electron chi connectivity index (χ2n) is 6.18. The SMILES string of the molecule is CC(=O)C1=C(O)C(=O)N(CCC(=O)O)[C@@H]1c1ccc(C(C)C)cc1. The van der Waals surface area contributed by atoms with Gasteiger partial charge in [0.05, 0.1) is 18.0 Å². The number of amides is 1. The number of aliphatic hydroxyl groups excluding tert-OH is 1. The van der Waals surface area contributed by atoms with E-state index in [1.807, 2.05) is 24.3 Å². The quantitative estimate of drug-likeness (QED) is 0.835. The van der Waals surface area contributed by atoms with E-state index in [2.05, 4.69) is 13.8 Å². The van der Waals surface area contributed by atoms with E-state index in [-0.39, 0.29) is 18.5 Å². The molecule has 0 unspecified atom stereocenters. The van der Waals surface area contributed by atoms with Gasteiger partial charge in [-0.15, -0.1) is 0 Å². The molecule has 2 rings (SSSR count). The van der Waals surface area contributed by atoms with E-state index in [0.29, 0.717) is 11.5 Å². The van der Waals surface area contributed by atoms with Crippen LogP contribution in [0, 0.1) is 0 Å². The lowest BCUT2D eigenvalue weighted by Gasteiger charge is -2.26. The Hall–Kier alpha value is -2.63. The summed E-state index contributed by atoms with van der Waals surface area (Å²) in [6.45, 7) is 5.32. The van der Waals surface area contributed by atoms with Gasteiger partial charge in [0.25, 0.3) is 5.91 Å². The van der Waals surface area contributed by atoms with Gasteiger partial charge in [0.1, 0.15) is 0 Å². The molecule has 0 spiro atoms. The highest BCUT2D eigenvalue weighted by molar-refractivity contribution is 6.08. The monoisotopic (exact) mass is 331 g/mol. The number of Topliss-reactive ketones (excluding diaryl/α,β-unsaturated/α-hetero) is 1. The summed E-state index contributed by atoms with van der Waals surface area (Å²) >= 11 is 0. The summed E-state index contributed by atoms with van der Waals surface area (Å²) in [5.41, 5.74) is 1.80. The van der Waals surface area contributed by atoms with Crippen molar-refractivity contribution in [1.29, 1.82) is 0 Å². The van der Waals surface area contributed by atoms with Gasteiger partial charge in [0.15, 0.2) is 11.5 Å². The molecule has 0 saturated heterocycles. The molecule has 1 aliphatic heterocycles. The molecule has 1 aromatic carbocycles. The predicted molar refractivity (Wildman–Crippen MR) is 87.6 cm³/mol. The van der Waals surface area contributed by atoms with E-state index < -0.39 is 29.5 Å². The van der Waals surface area contributed by atoms with Crippen molar-refractivity contribution in [2.45, 2.75) is 39.2 Å². The first-order valence-electron chi connectivity index (χ1n) is 7.80. The van der Waals surface area contributed by atoms with Crippen LogP contribution in [0.2, 0.25) is 0 Å². The van der Waals surface area contributed by atoms with Crippen LogP contribution in [0.25, 0.3) is 0 Å². The lowest BCUT2D eigenvalue weighted by molar-refractivity contribution is -0.138. The Labute approximate surface area is 140 Å². The molecule has 24 heavy (non-hydrogen) atoms. The molecule has 6 nitrogen and oxygen atoms in total. The Morgan fingerprint density at radius 1 is 1.21 bits per heavy atom. The molecular formula is C18H21NO5. The van der Waals surface area contributed by atoms with Crippen molar-refractivity contribution in [1.82, 2.24) is 4.90 Å². The fourth-order valence-electron chi connectivity index (χ4n) is 2.87. The number of rotatable bonds is 6. The van der Waals surface area contributed by atoms with Crippen LogP contribution in [0.4, 0.5) is 0 Å². The van der Waals surface area contributed by atoms with Gasteiger partial charge in [-0.25, -0.2) is 0 Å². The standard InChI is InChI=1S/C18H21NO5/c1-10(2)12-4-6-13(7-5-12)16-15(11(3)20)17(23)18(24)19(16)9-8-14(21)22/h4-7,10,16,23H,8-9H2,1-3H3,(H,21,22)/t16-/m1/s1. The Morgan fingerprint density at radius 3 is 2.25 bits per heavy atom. The summed E-state index contributed by atoms with van der Waals surface area (Å²) in [4.78, 5) is 36.3. The van der Waals surface area contributed by atoms with Gasteiger partial charge in [-0.3, -0.25) is 14.4 Å². The highest BCUT2D eigenvalue weighted by Gasteiger charge is 2.42. The Morgan fingerprint density at radius 2 is 1.79 bits per heavy atom. The van der Waals surface area contributed by atoms with Crippen LogP contribution < -0.4 is 0 Å². The Kier molecular flexibility index (Phi) is 5.07.